The van der Waals surface area contributed by atoms with E-state index in [1.54, 1.807) is 17.1 Å². The molecule has 4 heterocycles. The van der Waals surface area contributed by atoms with Crippen LogP contribution in [0.1, 0.15) is 71.3 Å². The molecule has 3 aromatic heterocycles. The van der Waals surface area contributed by atoms with E-state index < -0.39 is 0 Å². The molecular formula is C29H36ClN7O. The predicted octanol–water partition coefficient (Wildman–Crippen LogP) is 5.98. The second-order valence-electron chi connectivity index (χ2n) is 12.3. The van der Waals surface area contributed by atoms with Crippen LogP contribution in [0.15, 0.2) is 41.5 Å². The molecule has 0 saturated heterocycles. The second-order valence-corrected chi connectivity index (χ2v) is 12.7. The average Bonchev–Trinajstić information content (AvgIpc) is 3.09. The molecule has 1 aliphatic rings. The molecule has 1 aliphatic heterocycles. The Morgan fingerprint density at radius 1 is 1.13 bits per heavy atom. The van der Waals surface area contributed by atoms with Gasteiger partial charge < -0.3 is 10.2 Å². The molecule has 8 nitrogen and oxygen atoms in total. The topological polar surface area (TPSA) is 80.9 Å². The van der Waals surface area contributed by atoms with Gasteiger partial charge in [0, 0.05) is 58.8 Å². The highest BCUT2D eigenvalue weighted by Gasteiger charge is 2.32. The first-order valence-corrected chi connectivity index (χ1v) is 13.4. The van der Waals surface area contributed by atoms with Gasteiger partial charge in [-0.1, -0.05) is 46.2 Å². The third-order valence-electron chi connectivity index (χ3n) is 7.08. The lowest BCUT2D eigenvalue weighted by molar-refractivity contribution is 0.236. The number of nitrogens with zero attached hydrogens (tertiary/aromatic N) is 6. The van der Waals surface area contributed by atoms with E-state index in [0.29, 0.717) is 17.0 Å². The minimum atomic E-state index is -0.141. The number of rotatable bonds is 4. The molecule has 38 heavy (non-hydrogen) atoms. The first kappa shape index (κ1) is 26.4. The van der Waals surface area contributed by atoms with Gasteiger partial charge in [0.2, 0.25) is 5.95 Å². The van der Waals surface area contributed by atoms with Crippen LogP contribution in [0.3, 0.4) is 0 Å². The van der Waals surface area contributed by atoms with Gasteiger partial charge in [-0.2, -0.15) is 4.98 Å². The molecule has 0 aliphatic carbocycles. The molecular weight excluding hydrogens is 498 g/mol. The highest BCUT2D eigenvalue weighted by molar-refractivity contribution is 6.32. The quantitative estimate of drug-likeness (QED) is 0.348. The lowest BCUT2D eigenvalue weighted by Crippen LogP contribution is -2.40. The highest BCUT2D eigenvalue weighted by atomic mass is 35.5. The van der Waals surface area contributed by atoms with Crippen molar-refractivity contribution >= 4 is 34.3 Å². The molecule has 0 amide bonds. The Morgan fingerprint density at radius 2 is 1.87 bits per heavy atom. The van der Waals surface area contributed by atoms with Crippen LogP contribution in [-0.2, 0) is 17.4 Å². The van der Waals surface area contributed by atoms with Gasteiger partial charge >= 0.3 is 0 Å². The fourth-order valence-corrected chi connectivity index (χ4v) is 6.08. The van der Waals surface area contributed by atoms with Crippen LogP contribution in [0.25, 0.3) is 16.7 Å². The number of hydrogen-bond acceptors (Lipinski definition) is 6. The van der Waals surface area contributed by atoms with Crippen LogP contribution in [-0.4, -0.2) is 42.8 Å². The number of nitrogens with one attached hydrogen (secondary N) is 1. The zero-order valence-electron chi connectivity index (χ0n) is 23.4. The van der Waals surface area contributed by atoms with Crippen molar-refractivity contribution in [1.82, 2.24) is 29.2 Å². The SMILES string of the molecule is CC(C)n1c(=O)c2cnc(Nc3cc(Cl)c4c(c3)CN(C)CC4(C)C)nc2n1-c1ccnc(C(C)(C)C)c1. The van der Waals surface area contributed by atoms with Crippen molar-refractivity contribution in [2.45, 2.75) is 71.9 Å². The van der Waals surface area contributed by atoms with E-state index in [-0.39, 0.29) is 22.4 Å². The number of likely N-dealkylation sites (N-methyl/N-ethyl adjacent to an activating group) is 1. The van der Waals surface area contributed by atoms with Gasteiger partial charge in [0.05, 0.1) is 5.69 Å². The second kappa shape index (κ2) is 9.20. The molecule has 0 fully saturated rings. The number of pyridine rings is 1. The maximum Gasteiger partial charge on any atom is 0.278 e. The number of halogens is 1. The van der Waals surface area contributed by atoms with Crippen molar-refractivity contribution in [2.75, 3.05) is 18.9 Å². The molecule has 0 spiro atoms. The van der Waals surface area contributed by atoms with Gasteiger partial charge in [0.15, 0.2) is 5.65 Å². The maximum atomic E-state index is 13.4. The van der Waals surface area contributed by atoms with Crippen LogP contribution < -0.4 is 10.9 Å². The summed E-state index contributed by atoms with van der Waals surface area (Å²) in [5.41, 5.74) is 5.19. The molecule has 4 aromatic rings. The monoisotopic (exact) mass is 533 g/mol. The fourth-order valence-electron chi connectivity index (χ4n) is 5.58. The first-order chi connectivity index (χ1) is 17.8. The van der Waals surface area contributed by atoms with Crippen molar-refractivity contribution < 1.29 is 0 Å². The summed E-state index contributed by atoms with van der Waals surface area (Å²) in [4.78, 5) is 29.6. The lowest BCUT2D eigenvalue weighted by atomic mass is 9.78. The van der Waals surface area contributed by atoms with E-state index in [9.17, 15) is 4.79 Å². The van der Waals surface area contributed by atoms with Gasteiger partial charge in [-0.15, -0.1) is 0 Å². The molecule has 0 unspecified atom stereocenters. The van der Waals surface area contributed by atoms with Gasteiger partial charge in [-0.3, -0.25) is 9.78 Å². The number of hydrogen-bond donors (Lipinski definition) is 1. The zero-order valence-corrected chi connectivity index (χ0v) is 24.2. The Labute approximate surface area is 228 Å². The Bertz CT molecular complexity index is 1590. The summed E-state index contributed by atoms with van der Waals surface area (Å²) < 4.78 is 3.60. The Morgan fingerprint density at radius 3 is 2.55 bits per heavy atom. The summed E-state index contributed by atoms with van der Waals surface area (Å²) in [5, 5.41) is 4.54. The van der Waals surface area contributed by atoms with Crippen LogP contribution in [0, 0.1) is 0 Å². The van der Waals surface area contributed by atoms with Crippen molar-refractivity contribution in [3.8, 4) is 5.69 Å². The Kier molecular flexibility index (Phi) is 6.39. The van der Waals surface area contributed by atoms with Gasteiger partial charge in [-0.05, 0) is 56.3 Å². The molecule has 0 radical (unpaired) electrons. The van der Waals surface area contributed by atoms with E-state index in [2.05, 4.69) is 67.9 Å². The normalized spacial score (nSPS) is 15.7. The van der Waals surface area contributed by atoms with E-state index in [0.717, 1.165) is 35.2 Å². The maximum absolute atomic E-state index is 13.4. The number of aromatic nitrogens is 5. The summed E-state index contributed by atoms with van der Waals surface area (Å²) in [6, 6.07) is 7.90. The summed E-state index contributed by atoms with van der Waals surface area (Å²) >= 11 is 6.80. The molecule has 9 heteroatoms. The van der Waals surface area contributed by atoms with Crippen LogP contribution >= 0.6 is 11.6 Å². The van der Waals surface area contributed by atoms with Crippen LogP contribution in [0.4, 0.5) is 11.6 Å². The van der Waals surface area contributed by atoms with Crippen LogP contribution in [0.2, 0.25) is 5.02 Å². The number of anilines is 2. The van der Waals surface area contributed by atoms with Gasteiger partial charge in [0.25, 0.3) is 5.56 Å². The molecule has 200 valence electrons. The summed E-state index contributed by atoms with van der Waals surface area (Å²) in [5.74, 6) is 0.400. The minimum absolute atomic E-state index is 0.0420. The smallest absolute Gasteiger partial charge is 0.278 e. The lowest BCUT2D eigenvalue weighted by Gasteiger charge is -2.39. The largest absolute Gasteiger partial charge is 0.324 e. The third-order valence-corrected chi connectivity index (χ3v) is 7.38. The van der Waals surface area contributed by atoms with Crippen molar-refractivity contribution in [3.05, 3.63) is 68.9 Å². The first-order valence-electron chi connectivity index (χ1n) is 13.0. The van der Waals surface area contributed by atoms with Gasteiger partial charge in [0.1, 0.15) is 5.39 Å². The van der Waals surface area contributed by atoms with Crippen molar-refractivity contribution in [3.63, 3.8) is 0 Å². The number of fused-ring (bicyclic) bond motifs is 2. The minimum Gasteiger partial charge on any atom is -0.324 e. The summed E-state index contributed by atoms with van der Waals surface area (Å²) in [6.45, 7) is 16.6. The zero-order chi connectivity index (χ0) is 27.6. The third kappa shape index (κ3) is 4.60. The molecule has 0 atom stereocenters. The van der Waals surface area contributed by atoms with E-state index >= 15 is 0 Å². The van der Waals surface area contributed by atoms with E-state index in [1.807, 2.05) is 36.7 Å². The molecule has 0 saturated carbocycles. The Hall–Kier alpha value is -3.23. The summed E-state index contributed by atoms with van der Waals surface area (Å²) in [7, 11) is 2.12. The molecule has 1 aromatic carbocycles. The average molecular weight is 534 g/mol. The highest BCUT2D eigenvalue weighted by Crippen LogP contribution is 2.40. The standard InChI is InChI=1S/C29H36ClN7O/c1-17(2)36-26(38)21-14-32-27(34-25(21)37(36)20-9-10-31-23(13-20)28(3,4)5)33-19-11-18-15-35(8)16-29(6,7)24(18)22(30)12-19/h9-14,17H,15-16H2,1-8H3,(H,32,33,34). The van der Waals surface area contributed by atoms with E-state index in [4.69, 9.17) is 16.6 Å². The van der Waals surface area contributed by atoms with Crippen LogP contribution in [0.5, 0.6) is 0 Å². The van der Waals surface area contributed by atoms with E-state index in [1.165, 1.54) is 11.1 Å². The van der Waals surface area contributed by atoms with Crippen molar-refractivity contribution in [2.24, 2.45) is 0 Å². The Balaban J connectivity index is 1.63. The fraction of sp³-hybridized carbons (Fsp3) is 0.448. The number of benzene rings is 1. The summed E-state index contributed by atoms with van der Waals surface area (Å²) in [6.07, 6.45) is 3.38. The van der Waals surface area contributed by atoms with Gasteiger partial charge in [-0.25, -0.2) is 14.3 Å². The molecule has 1 N–H and O–H groups in total. The molecule has 5 rings (SSSR count). The van der Waals surface area contributed by atoms with Crippen molar-refractivity contribution in [1.29, 1.82) is 0 Å². The molecule has 0 bridgehead atoms. The predicted molar refractivity (Wildman–Crippen MR) is 154 cm³/mol.